The van der Waals surface area contributed by atoms with E-state index in [2.05, 4.69) is 52.3 Å². The number of rotatable bonds is 8. The van der Waals surface area contributed by atoms with Crippen molar-refractivity contribution in [2.24, 2.45) is 4.99 Å². The SMILES string of the molecule is CN=C(NCCNC(=O)Cc1cccc(F)c1)NCC(C)(C)c1cccs1. The van der Waals surface area contributed by atoms with E-state index in [1.54, 1.807) is 30.5 Å². The zero-order valence-electron chi connectivity index (χ0n) is 16.0. The van der Waals surface area contributed by atoms with Crippen LogP contribution in [0.3, 0.4) is 0 Å². The average molecular weight is 391 g/mol. The van der Waals surface area contributed by atoms with Gasteiger partial charge in [-0.2, -0.15) is 0 Å². The van der Waals surface area contributed by atoms with Crippen molar-refractivity contribution in [1.82, 2.24) is 16.0 Å². The van der Waals surface area contributed by atoms with Gasteiger partial charge in [-0.1, -0.05) is 32.0 Å². The van der Waals surface area contributed by atoms with Gasteiger partial charge in [0, 0.05) is 37.0 Å². The molecular formula is C20H27FN4OS. The van der Waals surface area contributed by atoms with Gasteiger partial charge in [-0.3, -0.25) is 9.79 Å². The normalized spacial score (nSPS) is 11.9. The summed E-state index contributed by atoms with van der Waals surface area (Å²) >= 11 is 1.74. The number of halogens is 1. The third-order valence-electron chi connectivity index (χ3n) is 4.10. The fourth-order valence-corrected chi connectivity index (χ4v) is 3.41. The summed E-state index contributed by atoms with van der Waals surface area (Å²) in [5, 5.41) is 11.4. The molecule has 3 N–H and O–H groups in total. The second kappa shape index (κ2) is 10.1. The van der Waals surface area contributed by atoms with Gasteiger partial charge in [0.2, 0.25) is 5.91 Å². The summed E-state index contributed by atoms with van der Waals surface area (Å²) in [5.41, 5.74) is 0.666. The minimum atomic E-state index is -0.331. The van der Waals surface area contributed by atoms with E-state index < -0.39 is 0 Å². The Morgan fingerprint density at radius 3 is 2.59 bits per heavy atom. The highest BCUT2D eigenvalue weighted by atomic mass is 32.1. The molecule has 27 heavy (non-hydrogen) atoms. The summed E-state index contributed by atoms with van der Waals surface area (Å²) in [5.74, 6) is 0.227. The van der Waals surface area contributed by atoms with Crippen molar-refractivity contribution in [3.05, 3.63) is 58.0 Å². The first-order valence-corrected chi connectivity index (χ1v) is 9.78. The van der Waals surface area contributed by atoms with Gasteiger partial charge in [0.1, 0.15) is 5.82 Å². The molecule has 7 heteroatoms. The summed E-state index contributed by atoms with van der Waals surface area (Å²) in [6.45, 7) is 6.13. The van der Waals surface area contributed by atoms with Crippen molar-refractivity contribution in [2.75, 3.05) is 26.7 Å². The fraction of sp³-hybridized carbons (Fsp3) is 0.400. The van der Waals surface area contributed by atoms with Gasteiger partial charge < -0.3 is 16.0 Å². The number of hydrogen-bond acceptors (Lipinski definition) is 3. The zero-order chi connectivity index (χ0) is 19.7. The van der Waals surface area contributed by atoms with Crippen molar-refractivity contribution in [1.29, 1.82) is 0 Å². The molecule has 5 nitrogen and oxygen atoms in total. The average Bonchev–Trinajstić information content (AvgIpc) is 3.17. The Morgan fingerprint density at radius 2 is 1.93 bits per heavy atom. The molecule has 2 aromatic rings. The lowest BCUT2D eigenvalue weighted by Crippen LogP contribution is -2.45. The number of guanidine groups is 1. The number of nitrogens with zero attached hydrogens (tertiary/aromatic N) is 1. The molecular weight excluding hydrogens is 363 g/mol. The highest BCUT2D eigenvalue weighted by Gasteiger charge is 2.21. The Balaban J connectivity index is 1.68. The number of hydrogen-bond donors (Lipinski definition) is 3. The topological polar surface area (TPSA) is 65.5 Å². The van der Waals surface area contributed by atoms with Gasteiger partial charge in [0.25, 0.3) is 0 Å². The molecule has 0 atom stereocenters. The van der Waals surface area contributed by atoms with Gasteiger partial charge in [-0.05, 0) is 29.1 Å². The number of amides is 1. The van der Waals surface area contributed by atoms with Crippen LogP contribution in [-0.2, 0) is 16.6 Å². The molecule has 1 amide bonds. The summed E-state index contributed by atoms with van der Waals surface area (Å²) < 4.78 is 13.1. The third kappa shape index (κ3) is 7.02. The first-order chi connectivity index (χ1) is 12.9. The molecule has 0 unspecified atom stereocenters. The molecule has 2 rings (SSSR count). The van der Waals surface area contributed by atoms with Crippen LogP contribution in [0.4, 0.5) is 4.39 Å². The van der Waals surface area contributed by atoms with Gasteiger partial charge >= 0.3 is 0 Å². The monoisotopic (exact) mass is 390 g/mol. The summed E-state index contributed by atoms with van der Waals surface area (Å²) in [7, 11) is 1.72. The Hall–Kier alpha value is -2.41. The first kappa shape index (κ1) is 20.9. The number of aliphatic imine (C=N–C) groups is 1. The van der Waals surface area contributed by atoms with Crippen LogP contribution in [-0.4, -0.2) is 38.5 Å². The predicted molar refractivity (Wildman–Crippen MR) is 110 cm³/mol. The number of nitrogens with one attached hydrogen (secondary N) is 3. The van der Waals surface area contributed by atoms with Crippen LogP contribution < -0.4 is 16.0 Å². The highest BCUT2D eigenvalue weighted by molar-refractivity contribution is 7.10. The third-order valence-corrected chi connectivity index (χ3v) is 5.34. The lowest BCUT2D eigenvalue weighted by atomic mass is 9.91. The molecule has 0 aliphatic carbocycles. The van der Waals surface area contributed by atoms with Crippen molar-refractivity contribution >= 4 is 23.2 Å². The standard InChI is InChI=1S/C20H27FN4OS/c1-20(2,17-8-5-11-27-17)14-25-19(22-3)24-10-9-23-18(26)13-15-6-4-7-16(21)12-15/h4-8,11-12H,9-10,13-14H2,1-3H3,(H,23,26)(H2,22,24,25). The van der Waals surface area contributed by atoms with E-state index in [9.17, 15) is 9.18 Å². The smallest absolute Gasteiger partial charge is 0.224 e. The first-order valence-electron chi connectivity index (χ1n) is 8.90. The molecule has 0 aliphatic heterocycles. The largest absolute Gasteiger partial charge is 0.356 e. The Bertz CT molecular complexity index is 759. The van der Waals surface area contributed by atoms with E-state index in [1.165, 1.54) is 17.0 Å². The number of carbonyl (C=O) groups excluding carboxylic acids is 1. The molecule has 0 saturated carbocycles. The van der Waals surface area contributed by atoms with Crippen LogP contribution in [0, 0.1) is 5.82 Å². The van der Waals surface area contributed by atoms with Crippen LogP contribution >= 0.6 is 11.3 Å². The predicted octanol–water partition coefficient (Wildman–Crippen LogP) is 2.69. The van der Waals surface area contributed by atoms with Crippen molar-refractivity contribution in [3.8, 4) is 0 Å². The second-order valence-electron chi connectivity index (χ2n) is 6.87. The van der Waals surface area contributed by atoms with Gasteiger partial charge in [-0.25, -0.2) is 4.39 Å². The molecule has 1 aromatic heterocycles. The number of benzene rings is 1. The van der Waals surface area contributed by atoms with E-state index in [0.717, 1.165) is 6.54 Å². The molecule has 0 saturated heterocycles. The summed E-state index contributed by atoms with van der Waals surface area (Å²) in [6, 6.07) is 10.3. The van der Waals surface area contributed by atoms with E-state index in [4.69, 9.17) is 0 Å². The Labute approximate surface area is 164 Å². The number of thiophene rings is 1. The molecule has 0 aliphatic rings. The van der Waals surface area contributed by atoms with E-state index in [0.29, 0.717) is 24.6 Å². The minimum absolute atomic E-state index is 0.00492. The lowest BCUT2D eigenvalue weighted by Gasteiger charge is -2.25. The van der Waals surface area contributed by atoms with Crippen molar-refractivity contribution in [3.63, 3.8) is 0 Å². The maximum Gasteiger partial charge on any atom is 0.224 e. The lowest BCUT2D eigenvalue weighted by molar-refractivity contribution is -0.120. The maximum absolute atomic E-state index is 13.1. The van der Waals surface area contributed by atoms with Gasteiger partial charge in [0.05, 0.1) is 6.42 Å². The molecule has 0 radical (unpaired) electrons. The minimum Gasteiger partial charge on any atom is -0.356 e. The van der Waals surface area contributed by atoms with Gasteiger partial charge in [0.15, 0.2) is 5.96 Å². The Morgan fingerprint density at radius 1 is 1.15 bits per heavy atom. The quantitative estimate of drug-likeness (QED) is 0.369. The summed E-state index contributed by atoms with van der Waals surface area (Å²) in [4.78, 5) is 17.4. The zero-order valence-corrected chi connectivity index (χ0v) is 16.8. The fourth-order valence-electron chi connectivity index (χ4n) is 2.55. The Kier molecular flexibility index (Phi) is 7.79. The van der Waals surface area contributed by atoms with E-state index in [-0.39, 0.29) is 23.6 Å². The van der Waals surface area contributed by atoms with Crippen LogP contribution in [0.1, 0.15) is 24.3 Å². The van der Waals surface area contributed by atoms with Crippen molar-refractivity contribution in [2.45, 2.75) is 25.7 Å². The molecule has 0 fully saturated rings. The van der Waals surface area contributed by atoms with Crippen LogP contribution in [0.15, 0.2) is 46.8 Å². The number of carbonyl (C=O) groups is 1. The molecule has 0 bridgehead atoms. The molecule has 1 heterocycles. The van der Waals surface area contributed by atoms with E-state index >= 15 is 0 Å². The highest BCUT2D eigenvalue weighted by Crippen LogP contribution is 2.26. The second-order valence-corrected chi connectivity index (χ2v) is 7.82. The maximum atomic E-state index is 13.1. The van der Waals surface area contributed by atoms with Crippen LogP contribution in [0.25, 0.3) is 0 Å². The van der Waals surface area contributed by atoms with E-state index in [1.807, 2.05) is 0 Å². The molecule has 1 aromatic carbocycles. The molecule has 0 spiro atoms. The van der Waals surface area contributed by atoms with Crippen LogP contribution in [0.5, 0.6) is 0 Å². The van der Waals surface area contributed by atoms with Gasteiger partial charge in [-0.15, -0.1) is 11.3 Å². The van der Waals surface area contributed by atoms with Crippen molar-refractivity contribution < 1.29 is 9.18 Å². The van der Waals surface area contributed by atoms with Crippen LogP contribution in [0.2, 0.25) is 0 Å². The molecule has 146 valence electrons. The summed E-state index contributed by atoms with van der Waals surface area (Å²) in [6.07, 6.45) is 0.166.